The summed E-state index contributed by atoms with van der Waals surface area (Å²) in [5.41, 5.74) is 0. The summed E-state index contributed by atoms with van der Waals surface area (Å²) in [6, 6.07) is 0.511. The highest BCUT2D eigenvalue weighted by Gasteiger charge is 2.38. The lowest BCUT2D eigenvalue weighted by atomic mass is 9.91. The SMILES string of the molecule is COCCNC(=O)C(C)N1CCCC2CNCC21. The van der Waals surface area contributed by atoms with Gasteiger partial charge in [0.2, 0.25) is 5.91 Å². The van der Waals surface area contributed by atoms with E-state index in [0.29, 0.717) is 19.2 Å². The van der Waals surface area contributed by atoms with Gasteiger partial charge in [-0.2, -0.15) is 0 Å². The van der Waals surface area contributed by atoms with Gasteiger partial charge in [-0.3, -0.25) is 9.69 Å². The van der Waals surface area contributed by atoms with Crippen LogP contribution in [0.2, 0.25) is 0 Å². The van der Waals surface area contributed by atoms with Crippen molar-refractivity contribution in [3.05, 3.63) is 0 Å². The summed E-state index contributed by atoms with van der Waals surface area (Å²) in [6.07, 6.45) is 2.50. The van der Waals surface area contributed by atoms with E-state index in [1.807, 2.05) is 6.92 Å². The normalized spacial score (nSPS) is 29.9. The van der Waals surface area contributed by atoms with Gasteiger partial charge in [0.25, 0.3) is 0 Å². The fourth-order valence-corrected chi connectivity index (χ4v) is 3.16. The maximum absolute atomic E-state index is 12.1. The first-order chi connectivity index (χ1) is 8.74. The van der Waals surface area contributed by atoms with Crippen molar-refractivity contribution in [3.63, 3.8) is 0 Å². The summed E-state index contributed by atoms with van der Waals surface area (Å²) < 4.78 is 4.95. The first-order valence-corrected chi connectivity index (χ1v) is 6.97. The van der Waals surface area contributed by atoms with Crippen LogP contribution >= 0.6 is 0 Å². The second kappa shape index (κ2) is 6.50. The van der Waals surface area contributed by atoms with Crippen LogP contribution in [0.4, 0.5) is 0 Å². The minimum absolute atomic E-state index is 0.0328. The molecule has 0 spiro atoms. The highest BCUT2D eigenvalue weighted by Crippen LogP contribution is 2.27. The van der Waals surface area contributed by atoms with Crippen LogP contribution in [-0.4, -0.2) is 62.8 Å². The molecule has 1 amide bonds. The van der Waals surface area contributed by atoms with Crippen LogP contribution in [0.5, 0.6) is 0 Å². The second-order valence-electron chi connectivity index (χ2n) is 5.33. The summed E-state index contributed by atoms with van der Waals surface area (Å²) >= 11 is 0. The Balaban J connectivity index is 1.86. The number of carbonyl (C=O) groups excluding carboxylic acids is 1. The summed E-state index contributed by atoms with van der Waals surface area (Å²) in [7, 11) is 1.65. The Labute approximate surface area is 109 Å². The van der Waals surface area contributed by atoms with Gasteiger partial charge in [0.05, 0.1) is 12.6 Å². The zero-order chi connectivity index (χ0) is 13.0. The van der Waals surface area contributed by atoms with Gasteiger partial charge in [-0.05, 0) is 38.8 Å². The van der Waals surface area contributed by atoms with Gasteiger partial charge in [-0.1, -0.05) is 0 Å². The molecule has 2 saturated heterocycles. The molecule has 0 saturated carbocycles. The standard InChI is InChI=1S/C13H25N3O2/c1-10(13(17)15-5-7-18-2)16-6-3-4-11-8-14-9-12(11)16/h10-12,14H,3-9H2,1-2H3,(H,15,17). The van der Waals surface area contributed by atoms with Crippen LogP contribution in [0.25, 0.3) is 0 Å². The molecule has 5 heteroatoms. The molecule has 0 aromatic carbocycles. The smallest absolute Gasteiger partial charge is 0.237 e. The van der Waals surface area contributed by atoms with Crippen molar-refractivity contribution in [2.75, 3.05) is 39.9 Å². The number of piperidine rings is 1. The minimum atomic E-state index is -0.0328. The van der Waals surface area contributed by atoms with Crippen molar-refractivity contribution in [1.82, 2.24) is 15.5 Å². The van der Waals surface area contributed by atoms with Gasteiger partial charge in [-0.25, -0.2) is 0 Å². The van der Waals surface area contributed by atoms with Crippen LogP contribution in [0.1, 0.15) is 19.8 Å². The van der Waals surface area contributed by atoms with Gasteiger partial charge < -0.3 is 15.4 Å². The lowest BCUT2D eigenvalue weighted by Crippen LogP contribution is -2.54. The van der Waals surface area contributed by atoms with Crippen LogP contribution in [-0.2, 0) is 9.53 Å². The molecule has 0 aromatic rings. The van der Waals surface area contributed by atoms with Crippen molar-refractivity contribution in [2.45, 2.75) is 31.8 Å². The van der Waals surface area contributed by atoms with Crippen LogP contribution in [0.3, 0.4) is 0 Å². The molecule has 5 nitrogen and oxygen atoms in total. The maximum atomic E-state index is 12.1. The monoisotopic (exact) mass is 255 g/mol. The topological polar surface area (TPSA) is 53.6 Å². The van der Waals surface area contributed by atoms with E-state index in [1.165, 1.54) is 12.8 Å². The van der Waals surface area contributed by atoms with Crippen molar-refractivity contribution >= 4 is 5.91 Å². The van der Waals surface area contributed by atoms with Crippen molar-refractivity contribution < 1.29 is 9.53 Å². The Morgan fingerprint density at radius 1 is 1.56 bits per heavy atom. The minimum Gasteiger partial charge on any atom is -0.383 e. The van der Waals surface area contributed by atoms with Crippen molar-refractivity contribution in [1.29, 1.82) is 0 Å². The zero-order valence-electron chi connectivity index (χ0n) is 11.4. The third-order valence-electron chi connectivity index (χ3n) is 4.20. The first kappa shape index (κ1) is 13.8. The summed E-state index contributed by atoms with van der Waals surface area (Å²) in [5.74, 6) is 0.854. The quantitative estimate of drug-likeness (QED) is 0.669. The molecule has 0 aliphatic carbocycles. The lowest BCUT2D eigenvalue weighted by Gasteiger charge is -2.40. The Morgan fingerprint density at radius 3 is 3.17 bits per heavy atom. The van der Waals surface area contributed by atoms with Gasteiger partial charge in [-0.15, -0.1) is 0 Å². The molecular formula is C13H25N3O2. The third kappa shape index (κ3) is 3.02. The number of fused-ring (bicyclic) bond motifs is 1. The molecule has 18 heavy (non-hydrogen) atoms. The summed E-state index contributed by atoms with van der Waals surface area (Å²) in [6.45, 7) is 6.37. The third-order valence-corrected chi connectivity index (χ3v) is 4.20. The van der Waals surface area contributed by atoms with Gasteiger partial charge in [0, 0.05) is 26.2 Å². The Morgan fingerprint density at radius 2 is 2.39 bits per heavy atom. The molecule has 3 atom stereocenters. The second-order valence-corrected chi connectivity index (χ2v) is 5.33. The number of ether oxygens (including phenoxy) is 1. The number of methoxy groups -OCH3 is 1. The fourth-order valence-electron chi connectivity index (χ4n) is 3.16. The Kier molecular flexibility index (Phi) is 4.97. The van der Waals surface area contributed by atoms with E-state index in [4.69, 9.17) is 4.74 Å². The molecule has 2 fully saturated rings. The zero-order valence-corrected chi connectivity index (χ0v) is 11.4. The van der Waals surface area contributed by atoms with E-state index >= 15 is 0 Å². The molecule has 2 rings (SSSR count). The molecular weight excluding hydrogens is 230 g/mol. The molecule has 104 valence electrons. The maximum Gasteiger partial charge on any atom is 0.237 e. The van der Waals surface area contributed by atoms with Crippen LogP contribution < -0.4 is 10.6 Å². The van der Waals surface area contributed by atoms with E-state index < -0.39 is 0 Å². The Bertz CT molecular complexity index is 285. The largest absolute Gasteiger partial charge is 0.383 e. The molecule has 3 unspecified atom stereocenters. The van der Waals surface area contributed by atoms with Crippen LogP contribution in [0, 0.1) is 5.92 Å². The van der Waals surface area contributed by atoms with E-state index in [-0.39, 0.29) is 11.9 Å². The number of carbonyl (C=O) groups is 1. The van der Waals surface area contributed by atoms with Gasteiger partial charge >= 0.3 is 0 Å². The number of amides is 1. The number of hydrogen-bond acceptors (Lipinski definition) is 4. The molecule has 0 aromatic heterocycles. The summed E-state index contributed by atoms with van der Waals surface area (Å²) in [5, 5.41) is 6.38. The molecule has 0 bridgehead atoms. The Hall–Kier alpha value is -0.650. The van der Waals surface area contributed by atoms with E-state index in [1.54, 1.807) is 7.11 Å². The molecule has 2 aliphatic heterocycles. The van der Waals surface area contributed by atoms with Gasteiger partial charge in [0.1, 0.15) is 0 Å². The number of nitrogens with one attached hydrogen (secondary N) is 2. The number of rotatable bonds is 5. The molecule has 2 heterocycles. The highest BCUT2D eigenvalue weighted by atomic mass is 16.5. The predicted molar refractivity (Wildman–Crippen MR) is 70.4 cm³/mol. The first-order valence-electron chi connectivity index (χ1n) is 6.97. The molecule has 2 aliphatic rings. The number of nitrogens with zero attached hydrogens (tertiary/aromatic N) is 1. The van der Waals surface area contributed by atoms with Crippen molar-refractivity contribution in [3.8, 4) is 0 Å². The lowest BCUT2D eigenvalue weighted by molar-refractivity contribution is -0.127. The highest BCUT2D eigenvalue weighted by molar-refractivity contribution is 5.81. The van der Waals surface area contributed by atoms with Crippen LogP contribution in [0.15, 0.2) is 0 Å². The average molecular weight is 255 g/mol. The van der Waals surface area contributed by atoms with E-state index in [2.05, 4.69) is 15.5 Å². The van der Waals surface area contributed by atoms with E-state index in [0.717, 1.165) is 25.6 Å². The number of hydrogen-bond donors (Lipinski definition) is 2. The van der Waals surface area contributed by atoms with E-state index in [9.17, 15) is 4.79 Å². The molecule has 0 radical (unpaired) electrons. The average Bonchev–Trinajstić information content (AvgIpc) is 2.86. The fraction of sp³-hybridized carbons (Fsp3) is 0.923. The predicted octanol–water partition coefficient (Wildman–Crippen LogP) is -0.179. The summed E-state index contributed by atoms with van der Waals surface area (Å²) in [4.78, 5) is 14.4. The van der Waals surface area contributed by atoms with Gasteiger partial charge in [0.15, 0.2) is 0 Å². The number of likely N-dealkylation sites (tertiary alicyclic amines) is 1. The molecule has 2 N–H and O–H groups in total. The van der Waals surface area contributed by atoms with Crippen molar-refractivity contribution in [2.24, 2.45) is 5.92 Å².